The first-order chi connectivity index (χ1) is 7.75. The molecule has 16 heavy (non-hydrogen) atoms. The second kappa shape index (κ2) is 3.19. The summed E-state index contributed by atoms with van der Waals surface area (Å²) in [6.07, 6.45) is 4.77. The van der Waals surface area contributed by atoms with Crippen LogP contribution in [0, 0.1) is 0 Å². The molecule has 0 saturated heterocycles. The molecule has 82 valence electrons. The van der Waals surface area contributed by atoms with E-state index in [2.05, 4.69) is 35.1 Å². The quantitative estimate of drug-likeness (QED) is 0.557. The average Bonchev–Trinajstić information content (AvgIpc) is 2.99. The molecule has 1 aliphatic heterocycles. The lowest BCUT2D eigenvalue weighted by molar-refractivity contribution is 0.556. The molecule has 1 aliphatic carbocycles. The number of rotatable bonds is 2. The Labute approximate surface area is 94.8 Å². The predicted molar refractivity (Wildman–Crippen MR) is 62.4 cm³/mol. The topological polar surface area (TPSA) is 32.7 Å². The first-order valence-electron chi connectivity index (χ1n) is 5.69. The predicted octanol–water partition coefficient (Wildman–Crippen LogP) is 2.00. The van der Waals surface area contributed by atoms with Crippen LogP contribution >= 0.6 is 0 Å². The number of benzene rings is 1. The Kier molecular flexibility index (Phi) is 1.92. The molecule has 0 bridgehead atoms. The molecule has 1 aromatic carbocycles. The molecule has 3 nitrogen and oxygen atoms in total. The van der Waals surface area contributed by atoms with Gasteiger partial charge in [0.1, 0.15) is 0 Å². The number of carbonyl (C=O) groups excluding carboxylic acids is 1. The van der Waals surface area contributed by atoms with Crippen LogP contribution in [-0.2, 0) is 16.8 Å². The normalized spacial score (nSPS) is 20.2. The molecule has 1 aromatic rings. The number of hydrogen-bond acceptors (Lipinski definition) is 3. The second-order valence-electron chi connectivity index (χ2n) is 4.75. The summed E-state index contributed by atoms with van der Waals surface area (Å²) < 4.78 is 0. The molecule has 1 fully saturated rings. The van der Waals surface area contributed by atoms with Gasteiger partial charge in [-0.3, -0.25) is 0 Å². The summed E-state index contributed by atoms with van der Waals surface area (Å²) in [7, 11) is 2.11. The fourth-order valence-electron chi connectivity index (χ4n) is 2.53. The molecular formula is C13H14N2O. The minimum atomic E-state index is -0.224. The Bertz CT molecular complexity index is 485. The second-order valence-corrected chi connectivity index (χ2v) is 4.75. The van der Waals surface area contributed by atoms with E-state index in [1.165, 1.54) is 16.8 Å². The molecule has 0 aromatic heterocycles. The Morgan fingerprint density at radius 1 is 1.44 bits per heavy atom. The van der Waals surface area contributed by atoms with Crippen LogP contribution in [0.5, 0.6) is 0 Å². The number of aliphatic imine (C=N–C) groups is 1. The van der Waals surface area contributed by atoms with Gasteiger partial charge in [-0.15, -0.1) is 0 Å². The summed E-state index contributed by atoms with van der Waals surface area (Å²) in [5.41, 5.74) is 3.66. The van der Waals surface area contributed by atoms with Crippen molar-refractivity contribution < 1.29 is 4.79 Å². The molecule has 0 amide bonds. The van der Waals surface area contributed by atoms with Crippen LogP contribution in [0.1, 0.15) is 24.0 Å². The summed E-state index contributed by atoms with van der Waals surface area (Å²) in [4.78, 5) is 16.6. The monoisotopic (exact) mass is 214 g/mol. The van der Waals surface area contributed by atoms with Gasteiger partial charge in [-0.05, 0) is 36.5 Å². The van der Waals surface area contributed by atoms with Gasteiger partial charge in [-0.25, -0.2) is 4.79 Å². The minimum Gasteiger partial charge on any atom is -0.374 e. The number of hydrogen-bond donors (Lipinski definition) is 0. The van der Waals surface area contributed by atoms with Crippen LogP contribution in [-0.4, -0.2) is 19.7 Å². The van der Waals surface area contributed by atoms with Gasteiger partial charge < -0.3 is 4.90 Å². The van der Waals surface area contributed by atoms with Crippen molar-refractivity contribution in [2.45, 2.75) is 24.8 Å². The van der Waals surface area contributed by atoms with Crippen molar-refractivity contribution in [2.24, 2.45) is 4.99 Å². The van der Waals surface area contributed by atoms with Crippen LogP contribution in [0.25, 0.3) is 0 Å². The van der Waals surface area contributed by atoms with Crippen LogP contribution < -0.4 is 4.90 Å². The van der Waals surface area contributed by atoms with E-state index in [0.29, 0.717) is 0 Å². The van der Waals surface area contributed by atoms with E-state index in [0.717, 1.165) is 25.8 Å². The zero-order valence-electron chi connectivity index (χ0n) is 9.36. The molecule has 3 heteroatoms. The highest BCUT2D eigenvalue weighted by Gasteiger charge is 2.45. The Morgan fingerprint density at radius 3 is 2.94 bits per heavy atom. The summed E-state index contributed by atoms with van der Waals surface area (Å²) >= 11 is 0. The Balaban J connectivity index is 2.02. The highest BCUT2D eigenvalue weighted by molar-refractivity contribution is 5.60. The van der Waals surface area contributed by atoms with Crippen molar-refractivity contribution >= 4 is 11.8 Å². The third kappa shape index (κ3) is 1.29. The van der Waals surface area contributed by atoms with Gasteiger partial charge in [0, 0.05) is 19.3 Å². The first-order valence-corrected chi connectivity index (χ1v) is 5.69. The van der Waals surface area contributed by atoms with Crippen molar-refractivity contribution in [1.82, 2.24) is 0 Å². The summed E-state index contributed by atoms with van der Waals surface area (Å²) in [5, 5.41) is 0. The highest BCUT2D eigenvalue weighted by atomic mass is 16.1. The molecule has 0 spiro atoms. The van der Waals surface area contributed by atoms with Gasteiger partial charge in [0.2, 0.25) is 6.08 Å². The molecule has 0 N–H and O–H groups in total. The van der Waals surface area contributed by atoms with Gasteiger partial charge in [0.25, 0.3) is 0 Å². The number of isocyanates is 1. The van der Waals surface area contributed by atoms with Crippen LogP contribution in [0.4, 0.5) is 5.69 Å². The third-order valence-corrected chi connectivity index (χ3v) is 3.73. The molecular weight excluding hydrogens is 200 g/mol. The number of likely N-dealkylation sites (N-methyl/N-ethyl adjacent to an activating group) is 1. The Morgan fingerprint density at radius 2 is 2.25 bits per heavy atom. The lowest BCUT2D eigenvalue weighted by Gasteiger charge is -2.14. The smallest absolute Gasteiger partial charge is 0.235 e. The van der Waals surface area contributed by atoms with E-state index in [-0.39, 0.29) is 5.54 Å². The van der Waals surface area contributed by atoms with Crippen molar-refractivity contribution in [2.75, 3.05) is 18.5 Å². The van der Waals surface area contributed by atoms with Crippen molar-refractivity contribution in [3.63, 3.8) is 0 Å². The van der Waals surface area contributed by atoms with E-state index in [1.807, 2.05) is 0 Å². The van der Waals surface area contributed by atoms with Gasteiger partial charge in [0.15, 0.2) is 0 Å². The number of nitrogens with zero attached hydrogens (tertiary/aromatic N) is 2. The first kappa shape index (κ1) is 9.61. The van der Waals surface area contributed by atoms with E-state index in [1.54, 1.807) is 6.08 Å². The fraction of sp³-hybridized carbons (Fsp3) is 0.462. The SMILES string of the molecule is CN1CCc2cc(C3(N=C=O)CC3)ccc21. The largest absolute Gasteiger partial charge is 0.374 e. The average molecular weight is 214 g/mol. The van der Waals surface area contributed by atoms with E-state index in [9.17, 15) is 4.79 Å². The highest BCUT2D eigenvalue weighted by Crippen LogP contribution is 2.50. The summed E-state index contributed by atoms with van der Waals surface area (Å²) in [5.74, 6) is 0. The molecule has 0 atom stereocenters. The summed E-state index contributed by atoms with van der Waals surface area (Å²) in [6, 6.07) is 6.47. The van der Waals surface area contributed by atoms with Crippen molar-refractivity contribution in [3.8, 4) is 0 Å². The molecule has 0 radical (unpaired) electrons. The van der Waals surface area contributed by atoms with Crippen LogP contribution in [0.2, 0.25) is 0 Å². The van der Waals surface area contributed by atoms with E-state index >= 15 is 0 Å². The zero-order chi connectivity index (χ0) is 11.2. The maximum atomic E-state index is 10.4. The lowest BCUT2D eigenvalue weighted by atomic mass is 10.0. The van der Waals surface area contributed by atoms with Crippen molar-refractivity contribution in [3.05, 3.63) is 29.3 Å². The van der Waals surface area contributed by atoms with E-state index in [4.69, 9.17) is 0 Å². The summed E-state index contributed by atoms with van der Waals surface area (Å²) in [6.45, 7) is 1.09. The zero-order valence-corrected chi connectivity index (χ0v) is 9.36. The van der Waals surface area contributed by atoms with E-state index < -0.39 is 0 Å². The standard InChI is InChI=1S/C13H14N2O/c1-15-7-4-10-8-11(2-3-12(10)15)13(5-6-13)14-9-16/h2-3,8H,4-7H2,1H3. The Hall–Kier alpha value is -1.60. The fourth-order valence-corrected chi connectivity index (χ4v) is 2.53. The van der Waals surface area contributed by atoms with Gasteiger partial charge in [-0.2, -0.15) is 4.99 Å². The van der Waals surface area contributed by atoms with Crippen molar-refractivity contribution in [1.29, 1.82) is 0 Å². The number of anilines is 1. The lowest BCUT2D eigenvalue weighted by Crippen LogP contribution is -2.12. The molecule has 1 heterocycles. The maximum Gasteiger partial charge on any atom is 0.235 e. The van der Waals surface area contributed by atoms with Crippen LogP contribution in [0.15, 0.2) is 23.2 Å². The molecule has 1 saturated carbocycles. The minimum absolute atomic E-state index is 0.224. The maximum absolute atomic E-state index is 10.4. The van der Waals surface area contributed by atoms with Gasteiger partial charge in [0.05, 0.1) is 5.54 Å². The van der Waals surface area contributed by atoms with Gasteiger partial charge in [-0.1, -0.05) is 12.1 Å². The number of fused-ring (bicyclic) bond motifs is 1. The molecule has 2 aliphatic rings. The third-order valence-electron chi connectivity index (χ3n) is 3.73. The van der Waals surface area contributed by atoms with Gasteiger partial charge >= 0.3 is 0 Å². The molecule has 0 unspecified atom stereocenters. The van der Waals surface area contributed by atoms with Crippen LogP contribution in [0.3, 0.4) is 0 Å². The molecule has 3 rings (SSSR count).